The van der Waals surface area contributed by atoms with Crippen LogP contribution in [0.1, 0.15) is 46.0 Å². The summed E-state index contributed by atoms with van der Waals surface area (Å²) in [6.45, 7) is 4.76. The molecule has 3 aromatic heterocycles. The zero-order valence-electron chi connectivity index (χ0n) is 16.9. The van der Waals surface area contributed by atoms with Crippen LogP contribution in [0.25, 0.3) is 0 Å². The number of amides is 1. The second-order valence-corrected chi connectivity index (χ2v) is 8.34. The van der Waals surface area contributed by atoms with Crippen LogP contribution in [0.15, 0.2) is 51.9 Å². The zero-order valence-corrected chi connectivity index (χ0v) is 16.9. The van der Waals surface area contributed by atoms with Crippen molar-refractivity contribution >= 4 is 5.91 Å². The summed E-state index contributed by atoms with van der Waals surface area (Å²) in [5.74, 6) is 1.26. The van der Waals surface area contributed by atoms with Crippen LogP contribution in [-0.4, -0.2) is 45.1 Å². The summed E-state index contributed by atoms with van der Waals surface area (Å²) in [7, 11) is 0. The molecule has 1 fully saturated rings. The highest BCUT2D eigenvalue weighted by Crippen LogP contribution is 2.41. The maximum atomic E-state index is 12.8. The summed E-state index contributed by atoms with van der Waals surface area (Å²) in [6, 6.07) is 10.9. The van der Waals surface area contributed by atoms with Crippen molar-refractivity contribution in [2.24, 2.45) is 5.92 Å². The molecule has 2 aliphatic rings. The van der Waals surface area contributed by atoms with Gasteiger partial charge in [0.1, 0.15) is 5.69 Å². The van der Waals surface area contributed by atoms with Gasteiger partial charge in [-0.2, -0.15) is 0 Å². The Hall–Kier alpha value is -3.13. The third kappa shape index (κ3) is 3.47. The molecule has 0 radical (unpaired) electrons. The number of aromatic amines is 1. The predicted molar refractivity (Wildman–Crippen MR) is 110 cm³/mol. The average molecular weight is 407 g/mol. The Balaban J connectivity index is 1.40. The summed E-state index contributed by atoms with van der Waals surface area (Å²) in [5, 5.41) is 7.01. The monoisotopic (exact) mass is 407 g/mol. The molecule has 2 aliphatic heterocycles. The molecule has 2 bridgehead atoms. The maximum Gasteiger partial charge on any atom is 0.267 e. The van der Waals surface area contributed by atoms with Crippen LogP contribution in [0, 0.1) is 12.8 Å². The molecule has 0 unspecified atom stereocenters. The van der Waals surface area contributed by atoms with Crippen molar-refractivity contribution in [3.63, 3.8) is 0 Å². The number of piperidine rings is 1. The Morgan fingerprint density at radius 1 is 1.30 bits per heavy atom. The summed E-state index contributed by atoms with van der Waals surface area (Å²) in [4.78, 5) is 30.5. The van der Waals surface area contributed by atoms with Gasteiger partial charge in [-0.1, -0.05) is 11.2 Å². The molecule has 2 N–H and O–H groups in total. The summed E-state index contributed by atoms with van der Waals surface area (Å²) >= 11 is 0. The lowest BCUT2D eigenvalue weighted by Crippen LogP contribution is -2.51. The first kappa shape index (κ1) is 18.9. The van der Waals surface area contributed by atoms with Gasteiger partial charge in [-0.05, 0) is 37.5 Å². The Morgan fingerprint density at radius 2 is 2.20 bits per heavy atom. The summed E-state index contributed by atoms with van der Waals surface area (Å²) in [5.41, 5.74) is 2.45. The molecule has 8 nitrogen and oxygen atoms in total. The van der Waals surface area contributed by atoms with E-state index in [1.165, 1.54) is 0 Å². The van der Waals surface area contributed by atoms with Gasteiger partial charge in [0.05, 0.1) is 18.3 Å². The number of aryl methyl sites for hydroxylation is 1. The van der Waals surface area contributed by atoms with E-state index in [1.54, 1.807) is 24.4 Å². The van der Waals surface area contributed by atoms with Gasteiger partial charge in [0, 0.05) is 49.6 Å². The number of carbonyl (C=O) groups is 1. The third-order valence-corrected chi connectivity index (χ3v) is 6.24. The van der Waals surface area contributed by atoms with Crippen molar-refractivity contribution in [3.05, 3.63) is 75.8 Å². The fourth-order valence-electron chi connectivity index (χ4n) is 5.00. The highest BCUT2D eigenvalue weighted by molar-refractivity contribution is 5.92. The van der Waals surface area contributed by atoms with Crippen LogP contribution in [-0.2, 0) is 6.54 Å². The lowest BCUT2D eigenvalue weighted by atomic mass is 9.78. The van der Waals surface area contributed by atoms with Crippen molar-refractivity contribution in [1.29, 1.82) is 0 Å². The molecule has 30 heavy (non-hydrogen) atoms. The van der Waals surface area contributed by atoms with Crippen LogP contribution in [0.4, 0.5) is 0 Å². The van der Waals surface area contributed by atoms with E-state index in [2.05, 4.69) is 20.4 Å². The molecular formula is C22H25N5O3. The molecule has 0 aromatic carbocycles. The summed E-state index contributed by atoms with van der Waals surface area (Å²) < 4.78 is 7.32. The van der Waals surface area contributed by atoms with E-state index in [-0.39, 0.29) is 29.3 Å². The van der Waals surface area contributed by atoms with Gasteiger partial charge in [0.15, 0.2) is 5.76 Å². The van der Waals surface area contributed by atoms with Crippen molar-refractivity contribution in [2.75, 3.05) is 19.6 Å². The van der Waals surface area contributed by atoms with Gasteiger partial charge < -0.3 is 19.4 Å². The van der Waals surface area contributed by atoms with Crippen molar-refractivity contribution in [2.45, 2.75) is 31.8 Å². The van der Waals surface area contributed by atoms with Gasteiger partial charge in [-0.3, -0.25) is 14.5 Å². The largest absolute Gasteiger partial charge is 0.360 e. The Morgan fingerprint density at radius 3 is 2.97 bits per heavy atom. The number of fused-ring (bicyclic) bond motifs is 4. The molecule has 0 aliphatic carbocycles. The van der Waals surface area contributed by atoms with Crippen molar-refractivity contribution in [3.8, 4) is 0 Å². The van der Waals surface area contributed by atoms with Gasteiger partial charge >= 0.3 is 0 Å². The van der Waals surface area contributed by atoms with Gasteiger partial charge in [0.25, 0.3) is 11.5 Å². The van der Waals surface area contributed by atoms with E-state index in [4.69, 9.17) is 4.52 Å². The number of rotatable bonds is 5. The van der Waals surface area contributed by atoms with Gasteiger partial charge in [-0.25, -0.2) is 0 Å². The van der Waals surface area contributed by atoms with Crippen molar-refractivity contribution < 1.29 is 9.32 Å². The van der Waals surface area contributed by atoms with Crippen LogP contribution in [0.2, 0.25) is 0 Å². The van der Waals surface area contributed by atoms with E-state index in [1.807, 2.05) is 29.7 Å². The van der Waals surface area contributed by atoms with E-state index in [9.17, 15) is 9.59 Å². The lowest BCUT2D eigenvalue weighted by molar-refractivity contribution is 0.0744. The van der Waals surface area contributed by atoms with E-state index >= 15 is 0 Å². The molecule has 5 rings (SSSR count). The number of carbonyl (C=O) groups excluding carboxylic acids is 1. The fourth-order valence-corrected chi connectivity index (χ4v) is 5.00. The average Bonchev–Trinajstić information content (AvgIpc) is 3.40. The Kier molecular flexibility index (Phi) is 4.78. The molecule has 3 aromatic rings. The van der Waals surface area contributed by atoms with Crippen LogP contribution in [0.5, 0.6) is 0 Å². The number of H-pyrrole nitrogens is 1. The SMILES string of the molecule is Cc1cc(CN2C[C@H]3C[C@@H](C2)[C@H](CNC(=O)c2ccc[nH]2)n2c3cccc2=O)on1. The van der Waals surface area contributed by atoms with E-state index in [0.717, 1.165) is 36.7 Å². The van der Waals surface area contributed by atoms with E-state index < -0.39 is 0 Å². The molecule has 5 heterocycles. The molecule has 156 valence electrons. The number of likely N-dealkylation sites (tertiary alicyclic amines) is 1. The fraction of sp³-hybridized carbons (Fsp3) is 0.409. The molecule has 1 saturated heterocycles. The van der Waals surface area contributed by atoms with Crippen LogP contribution >= 0.6 is 0 Å². The number of pyridine rings is 1. The topological polar surface area (TPSA) is 96.2 Å². The standard InChI is InChI=1S/C22H25N5O3/c1-14-8-17(30-25-14)13-26-11-15-9-16(12-26)20(27-19(15)5-2-6-21(27)28)10-24-22(29)18-4-3-7-23-18/h2-8,15-16,20,23H,9-13H2,1H3,(H,24,29)/t15-,16+,20+/m1/s1. The second-order valence-electron chi connectivity index (χ2n) is 8.34. The van der Waals surface area contributed by atoms with Gasteiger partial charge in [0.2, 0.25) is 0 Å². The number of hydrogen-bond donors (Lipinski definition) is 2. The number of hydrogen-bond acceptors (Lipinski definition) is 5. The second kappa shape index (κ2) is 7.60. The minimum atomic E-state index is -0.155. The maximum absolute atomic E-state index is 12.8. The minimum Gasteiger partial charge on any atom is -0.360 e. The molecule has 8 heteroatoms. The van der Waals surface area contributed by atoms with Crippen molar-refractivity contribution in [1.82, 2.24) is 24.9 Å². The highest BCUT2D eigenvalue weighted by Gasteiger charge is 2.40. The number of aromatic nitrogens is 3. The first-order valence-electron chi connectivity index (χ1n) is 10.4. The number of nitrogens with one attached hydrogen (secondary N) is 2. The molecule has 3 atom stereocenters. The lowest BCUT2D eigenvalue weighted by Gasteiger charge is -2.46. The smallest absolute Gasteiger partial charge is 0.267 e. The van der Waals surface area contributed by atoms with E-state index in [0.29, 0.717) is 18.8 Å². The van der Waals surface area contributed by atoms with Gasteiger partial charge in [-0.15, -0.1) is 0 Å². The summed E-state index contributed by atoms with van der Waals surface area (Å²) in [6.07, 6.45) is 2.74. The first-order valence-corrected chi connectivity index (χ1v) is 10.4. The Bertz CT molecular complexity index is 1100. The van der Waals surface area contributed by atoms with Crippen LogP contribution < -0.4 is 10.9 Å². The molecule has 0 saturated carbocycles. The quantitative estimate of drug-likeness (QED) is 0.675. The van der Waals surface area contributed by atoms with Crippen LogP contribution in [0.3, 0.4) is 0 Å². The normalized spacial score (nSPS) is 23.2. The highest BCUT2D eigenvalue weighted by atomic mass is 16.5. The number of nitrogens with zero attached hydrogens (tertiary/aromatic N) is 3. The molecular weight excluding hydrogens is 382 g/mol. The minimum absolute atomic E-state index is 0.000585. The molecule has 0 spiro atoms. The molecule has 1 amide bonds. The zero-order chi connectivity index (χ0) is 20.7. The Labute approximate surface area is 173 Å². The predicted octanol–water partition coefficient (Wildman–Crippen LogP) is 2.06. The third-order valence-electron chi connectivity index (χ3n) is 6.24. The first-order chi connectivity index (χ1) is 14.6.